The van der Waals surface area contributed by atoms with Gasteiger partial charge in [0.2, 0.25) is 0 Å². The Morgan fingerprint density at radius 2 is 1.85 bits per heavy atom. The normalized spacial score (nSPS) is 14.4. The van der Waals surface area contributed by atoms with Crippen molar-refractivity contribution >= 4 is 16.9 Å². The minimum Gasteiger partial charge on any atom is -0.484 e. The predicted molar refractivity (Wildman–Crippen MR) is 104 cm³/mol. The van der Waals surface area contributed by atoms with Gasteiger partial charge < -0.3 is 14.5 Å². The van der Waals surface area contributed by atoms with Crippen LogP contribution in [0.3, 0.4) is 0 Å². The maximum Gasteiger partial charge on any atom is 0.336 e. The van der Waals surface area contributed by atoms with Crippen LogP contribution < -0.4 is 15.7 Å². The fraction of sp³-hybridized carbons (Fsp3) is 0.273. The Morgan fingerprint density at radius 3 is 2.63 bits per heavy atom. The number of nitrogens with one attached hydrogen (secondary N) is 1. The van der Waals surface area contributed by atoms with Gasteiger partial charge in [-0.05, 0) is 36.1 Å². The first kappa shape index (κ1) is 17.3. The van der Waals surface area contributed by atoms with Gasteiger partial charge in [-0.3, -0.25) is 4.79 Å². The zero-order chi connectivity index (χ0) is 18.6. The number of carbonyl (C=O) groups excluding carboxylic acids is 1. The fourth-order valence-electron chi connectivity index (χ4n) is 3.58. The summed E-state index contributed by atoms with van der Waals surface area (Å²) < 4.78 is 10.9. The van der Waals surface area contributed by atoms with Crippen molar-refractivity contribution in [2.45, 2.75) is 31.7 Å². The lowest BCUT2D eigenvalue weighted by atomic mass is 10.0. The average Bonchev–Trinajstić information content (AvgIpc) is 3.19. The highest BCUT2D eigenvalue weighted by atomic mass is 16.5. The van der Waals surface area contributed by atoms with Crippen molar-refractivity contribution in [3.05, 3.63) is 65.0 Å². The Morgan fingerprint density at radius 1 is 1.07 bits per heavy atom. The van der Waals surface area contributed by atoms with E-state index in [9.17, 15) is 9.59 Å². The first-order valence-corrected chi connectivity index (χ1v) is 9.24. The zero-order valence-electron chi connectivity index (χ0n) is 14.9. The Balaban J connectivity index is 1.54. The molecular formula is C22H21NO4. The van der Waals surface area contributed by atoms with Crippen molar-refractivity contribution in [3.8, 4) is 16.9 Å². The molecule has 2 aromatic carbocycles. The third kappa shape index (κ3) is 4.03. The third-order valence-electron chi connectivity index (χ3n) is 4.89. The summed E-state index contributed by atoms with van der Waals surface area (Å²) in [5, 5.41) is 3.81. The van der Waals surface area contributed by atoms with Crippen molar-refractivity contribution in [2.24, 2.45) is 0 Å². The standard InChI is InChI=1S/C22H21NO4/c24-21(23-16-8-4-5-9-16)14-26-17-10-11-18-19(15-6-2-1-3-7-15)13-22(25)27-20(18)12-17/h1-3,6-7,10-13,16H,4-5,8-9,14H2,(H,23,24). The number of carbonyl (C=O) groups is 1. The van der Waals surface area contributed by atoms with Gasteiger partial charge in [0.1, 0.15) is 11.3 Å². The van der Waals surface area contributed by atoms with Crippen molar-refractivity contribution in [3.63, 3.8) is 0 Å². The van der Waals surface area contributed by atoms with Crippen LogP contribution in [-0.4, -0.2) is 18.6 Å². The third-order valence-corrected chi connectivity index (χ3v) is 4.89. The maximum absolute atomic E-state index is 12.0. The minimum atomic E-state index is -0.419. The van der Waals surface area contributed by atoms with Crippen LogP contribution in [0.5, 0.6) is 5.75 Å². The van der Waals surface area contributed by atoms with Gasteiger partial charge >= 0.3 is 5.63 Å². The van der Waals surface area contributed by atoms with Gasteiger partial charge in [-0.1, -0.05) is 43.2 Å². The molecule has 1 fully saturated rings. The summed E-state index contributed by atoms with van der Waals surface area (Å²) in [6, 6.07) is 16.7. The predicted octanol–water partition coefficient (Wildman–Crippen LogP) is 3.90. The topological polar surface area (TPSA) is 68.5 Å². The summed E-state index contributed by atoms with van der Waals surface area (Å²) in [6.07, 6.45) is 4.41. The molecule has 138 valence electrons. The van der Waals surface area contributed by atoms with Crippen molar-refractivity contribution in [1.29, 1.82) is 0 Å². The van der Waals surface area contributed by atoms with Crippen LogP contribution in [0.4, 0.5) is 0 Å². The lowest BCUT2D eigenvalue weighted by Gasteiger charge is -2.13. The summed E-state index contributed by atoms with van der Waals surface area (Å²) >= 11 is 0. The Bertz CT molecular complexity index is 1000. The summed E-state index contributed by atoms with van der Waals surface area (Å²) in [4.78, 5) is 24.0. The highest BCUT2D eigenvalue weighted by Crippen LogP contribution is 2.29. The number of hydrogen-bond donors (Lipinski definition) is 1. The second-order valence-electron chi connectivity index (χ2n) is 6.84. The number of hydrogen-bond acceptors (Lipinski definition) is 4. The molecule has 0 atom stereocenters. The Hall–Kier alpha value is -3.08. The lowest BCUT2D eigenvalue weighted by molar-refractivity contribution is -0.123. The molecule has 1 aliphatic carbocycles. The quantitative estimate of drug-likeness (QED) is 0.698. The molecule has 3 aromatic rings. The van der Waals surface area contributed by atoms with E-state index in [0.717, 1.165) is 29.4 Å². The molecule has 1 aliphatic rings. The lowest BCUT2D eigenvalue weighted by Crippen LogP contribution is -2.36. The van der Waals surface area contributed by atoms with Crippen molar-refractivity contribution in [1.82, 2.24) is 5.32 Å². The smallest absolute Gasteiger partial charge is 0.336 e. The summed E-state index contributed by atoms with van der Waals surface area (Å²) in [7, 11) is 0. The molecule has 27 heavy (non-hydrogen) atoms. The summed E-state index contributed by atoms with van der Waals surface area (Å²) in [6.45, 7) is -0.0510. The van der Waals surface area contributed by atoms with E-state index < -0.39 is 5.63 Å². The molecule has 1 N–H and O–H groups in total. The molecular weight excluding hydrogens is 342 g/mol. The van der Waals surface area contributed by atoms with Crippen LogP contribution in [0, 0.1) is 0 Å². The second kappa shape index (κ2) is 7.66. The van der Waals surface area contributed by atoms with Gasteiger partial charge in [-0.15, -0.1) is 0 Å². The minimum absolute atomic E-state index is 0.0510. The van der Waals surface area contributed by atoms with Gasteiger partial charge in [0.15, 0.2) is 6.61 Å². The number of amides is 1. The molecule has 0 aliphatic heterocycles. The Labute approximate surface area is 157 Å². The Kier molecular flexibility index (Phi) is 4.92. The van der Waals surface area contributed by atoms with E-state index in [1.807, 2.05) is 36.4 Å². The number of rotatable bonds is 5. The molecule has 1 amide bonds. The zero-order valence-corrected chi connectivity index (χ0v) is 14.9. The molecule has 4 rings (SSSR count). The highest BCUT2D eigenvalue weighted by Gasteiger charge is 2.17. The van der Waals surface area contributed by atoms with Gasteiger partial charge in [0.05, 0.1) is 0 Å². The second-order valence-corrected chi connectivity index (χ2v) is 6.84. The van der Waals surface area contributed by atoms with E-state index in [1.54, 1.807) is 12.1 Å². The fourth-order valence-corrected chi connectivity index (χ4v) is 3.58. The van der Waals surface area contributed by atoms with Crippen molar-refractivity contribution in [2.75, 3.05) is 6.61 Å². The first-order valence-electron chi connectivity index (χ1n) is 9.24. The van der Waals surface area contributed by atoms with Gasteiger partial charge in [-0.25, -0.2) is 4.79 Å². The van der Waals surface area contributed by atoms with Crippen molar-refractivity contribution < 1.29 is 13.9 Å². The molecule has 5 nitrogen and oxygen atoms in total. The van der Waals surface area contributed by atoms with Gasteiger partial charge in [-0.2, -0.15) is 0 Å². The van der Waals surface area contributed by atoms with E-state index in [1.165, 1.54) is 18.9 Å². The van der Waals surface area contributed by atoms with Gasteiger partial charge in [0, 0.05) is 23.6 Å². The van der Waals surface area contributed by atoms with Crippen LogP contribution in [0.1, 0.15) is 25.7 Å². The molecule has 0 radical (unpaired) electrons. The van der Waals surface area contributed by atoms with E-state index in [2.05, 4.69) is 5.32 Å². The molecule has 0 unspecified atom stereocenters. The van der Waals surface area contributed by atoms with Crippen LogP contribution in [0.25, 0.3) is 22.1 Å². The summed E-state index contributed by atoms with van der Waals surface area (Å²) in [5.74, 6) is 0.374. The summed E-state index contributed by atoms with van der Waals surface area (Å²) in [5.41, 5.74) is 1.78. The first-order chi connectivity index (χ1) is 13.2. The number of benzene rings is 2. The van der Waals surface area contributed by atoms with E-state index >= 15 is 0 Å². The van der Waals surface area contributed by atoms with E-state index in [4.69, 9.17) is 9.15 Å². The molecule has 1 saturated carbocycles. The SMILES string of the molecule is O=C(COc1ccc2c(-c3ccccc3)cc(=O)oc2c1)NC1CCCC1. The van der Waals surface area contributed by atoms with Crippen LogP contribution >= 0.6 is 0 Å². The van der Waals surface area contributed by atoms with Gasteiger partial charge in [0.25, 0.3) is 5.91 Å². The molecule has 0 bridgehead atoms. The molecule has 5 heteroatoms. The molecule has 0 spiro atoms. The molecule has 0 saturated heterocycles. The van der Waals surface area contributed by atoms with Crippen LogP contribution in [-0.2, 0) is 4.79 Å². The number of fused-ring (bicyclic) bond motifs is 1. The van der Waals surface area contributed by atoms with Crippen LogP contribution in [0.2, 0.25) is 0 Å². The highest BCUT2D eigenvalue weighted by molar-refractivity contribution is 5.93. The monoisotopic (exact) mass is 363 g/mol. The maximum atomic E-state index is 12.0. The number of ether oxygens (including phenoxy) is 1. The largest absolute Gasteiger partial charge is 0.484 e. The van der Waals surface area contributed by atoms with E-state index in [-0.39, 0.29) is 18.6 Å². The van der Waals surface area contributed by atoms with E-state index in [0.29, 0.717) is 11.3 Å². The molecule has 1 aromatic heterocycles. The van der Waals surface area contributed by atoms with Crippen LogP contribution in [0.15, 0.2) is 63.8 Å². The molecule has 1 heterocycles. The average molecular weight is 363 g/mol.